The molecule has 1 aromatic carbocycles. The number of carbonyl (C=O) groups excluding carboxylic acids is 1. The van der Waals surface area contributed by atoms with Crippen molar-refractivity contribution in [2.75, 3.05) is 49.1 Å². The van der Waals surface area contributed by atoms with Crippen LogP contribution in [0, 0.1) is 6.92 Å². The van der Waals surface area contributed by atoms with Crippen molar-refractivity contribution in [3.05, 3.63) is 47.8 Å². The van der Waals surface area contributed by atoms with Crippen molar-refractivity contribution in [3.8, 4) is 0 Å². The van der Waals surface area contributed by atoms with E-state index in [4.69, 9.17) is 4.98 Å². The molecule has 0 aliphatic carbocycles. The van der Waals surface area contributed by atoms with E-state index < -0.39 is 0 Å². The molecule has 0 unspecified atom stereocenters. The molecule has 7 nitrogen and oxygen atoms in total. The summed E-state index contributed by atoms with van der Waals surface area (Å²) in [5, 5.41) is 1.17. The highest BCUT2D eigenvalue weighted by molar-refractivity contribution is 5.89. The molecule has 7 heteroatoms. The Balaban J connectivity index is 1.24. The van der Waals surface area contributed by atoms with Crippen LogP contribution in [-0.4, -0.2) is 64.6 Å². The minimum absolute atomic E-state index is 0.193. The standard InChI is InChI=1S/C24H30N6O/c1-18-15-22(28-9-5-6-10-28)26-24(25-18)30-13-11-29(12-14-30)23(31)16-19-17-27(2)21-8-4-3-7-20(19)21/h3-4,7-8,15,17H,5-6,9-14,16H2,1-2H3. The first-order chi connectivity index (χ1) is 15.1. The smallest absolute Gasteiger partial charge is 0.227 e. The second-order valence-corrected chi connectivity index (χ2v) is 8.69. The normalized spacial score (nSPS) is 17.0. The Hall–Kier alpha value is -3.09. The third kappa shape index (κ3) is 3.96. The Labute approximate surface area is 183 Å². The lowest BCUT2D eigenvalue weighted by Crippen LogP contribution is -2.49. The molecule has 0 bridgehead atoms. The Kier molecular flexibility index (Phi) is 5.26. The van der Waals surface area contributed by atoms with Gasteiger partial charge in [-0.05, 0) is 31.4 Å². The Morgan fingerprint density at radius 2 is 1.71 bits per heavy atom. The molecule has 2 aliphatic rings. The van der Waals surface area contributed by atoms with Crippen LogP contribution in [0.2, 0.25) is 0 Å². The second-order valence-electron chi connectivity index (χ2n) is 8.69. The zero-order valence-corrected chi connectivity index (χ0v) is 18.4. The first kappa shape index (κ1) is 19.8. The number of hydrogen-bond acceptors (Lipinski definition) is 5. The molecular weight excluding hydrogens is 388 g/mol. The second kappa shape index (κ2) is 8.21. The average Bonchev–Trinajstić information content (AvgIpc) is 3.43. The molecule has 1 amide bonds. The van der Waals surface area contributed by atoms with Crippen LogP contribution in [0.15, 0.2) is 36.5 Å². The van der Waals surface area contributed by atoms with Crippen LogP contribution in [0.4, 0.5) is 11.8 Å². The molecule has 2 saturated heterocycles. The maximum atomic E-state index is 13.0. The number of rotatable bonds is 4. The Morgan fingerprint density at radius 1 is 0.968 bits per heavy atom. The van der Waals surface area contributed by atoms with Gasteiger partial charge in [0, 0.05) is 75.2 Å². The van der Waals surface area contributed by atoms with Crippen molar-refractivity contribution in [2.45, 2.75) is 26.2 Å². The summed E-state index contributed by atoms with van der Waals surface area (Å²) in [5.74, 6) is 2.02. The van der Waals surface area contributed by atoms with Crippen molar-refractivity contribution >= 4 is 28.6 Å². The van der Waals surface area contributed by atoms with Gasteiger partial charge in [0.1, 0.15) is 5.82 Å². The summed E-state index contributed by atoms with van der Waals surface area (Å²) in [5.41, 5.74) is 3.27. The number of para-hydroxylation sites is 1. The van der Waals surface area contributed by atoms with Gasteiger partial charge in [0.05, 0.1) is 6.42 Å². The predicted molar refractivity (Wildman–Crippen MR) is 124 cm³/mol. The van der Waals surface area contributed by atoms with Crippen LogP contribution < -0.4 is 9.80 Å². The van der Waals surface area contributed by atoms with E-state index in [0.29, 0.717) is 19.5 Å². The van der Waals surface area contributed by atoms with E-state index in [1.54, 1.807) is 0 Å². The molecule has 0 atom stereocenters. The molecular formula is C24H30N6O. The number of anilines is 2. The van der Waals surface area contributed by atoms with Crippen molar-refractivity contribution in [1.29, 1.82) is 0 Å². The highest BCUT2D eigenvalue weighted by atomic mass is 16.2. The summed E-state index contributed by atoms with van der Waals surface area (Å²) in [6.07, 6.45) is 4.99. The summed E-state index contributed by atoms with van der Waals surface area (Å²) < 4.78 is 2.10. The van der Waals surface area contributed by atoms with Gasteiger partial charge in [0.2, 0.25) is 11.9 Å². The minimum atomic E-state index is 0.193. The first-order valence-electron chi connectivity index (χ1n) is 11.2. The Morgan fingerprint density at radius 3 is 2.48 bits per heavy atom. The minimum Gasteiger partial charge on any atom is -0.356 e. The van der Waals surface area contributed by atoms with E-state index in [0.717, 1.165) is 49.2 Å². The molecule has 2 aromatic heterocycles. The zero-order valence-electron chi connectivity index (χ0n) is 18.4. The fourth-order valence-electron chi connectivity index (χ4n) is 4.78. The van der Waals surface area contributed by atoms with Crippen molar-refractivity contribution in [3.63, 3.8) is 0 Å². The fourth-order valence-corrected chi connectivity index (χ4v) is 4.78. The van der Waals surface area contributed by atoms with Crippen LogP contribution in [0.1, 0.15) is 24.1 Å². The van der Waals surface area contributed by atoms with Gasteiger partial charge in [0.25, 0.3) is 0 Å². The largest absolute Gasteiger partial charge is 0.356 e. The van der Waals surface area contributed by atoms with E-state index in [1.807, 2.05) is 31.0 Å². The number of nitrogens with zero attached hydrogens (tertiary/aromatic N) is 6. The van der Waals surface area contributed by atoms with Gasteiger partial charge in [0.15, 0.2) is 0 Å². The van der Waals surface area contributed by atoms with Gasteiger partial charge in [-0.2, -0.15) is 4.98 Å². The van der Waals surface area contributed by atoms with Gasteiger partial charge in [-0.25, -0.2) is 4.98 Å². The van der Waals surface area contributed by atoms with Crippen molar-refractivity contribution in [2.24, 2.45) is 7.05 Å². The lowest BCUT2D eigenvalue weighted by Gasteiger charge is -2.35. The third-order valence-corrected chi connectivity index (χ3v) is 6.50. The van der Waals surface area contributed by atoms with E-state index in [9.17, 15) is 4.79 Å². The molecule has 0 radical (unpaired) electrons. The summed E-state index contributed by atoms with van der Waals surface area (Å²) in [6.45, 7) is 7.14. The first-order valence-corrected chi connectivity index (χ1v) is 11.2. The monoisotopic (exact) mass is 418 g/mol. The van der Waals surface area contributed by atoms with Crippen LogP contribution in [-0.2, 0) is 18.3 Å². The van der Waals surface area contributed by atoms with Crippen LogP contribution >= 0.6 is 0 Å². The maximum absolute atomic E-state index is 13.0. The van der Waals surface area contributed by atoms with Gasteiger partial charge in [-0.3, -0.25) is 4.79 Å². The molecule has 4 heterocycles. The highest BCUT2D eigenvalue weighted by Crippen LogP contribution is 2.23. The molecule has 0 spiro atoms. The molecule has 0 saturated carbocycles. The number of amides is 1. The highest BCUT2D eigenvalue weighted by Gasteiger charge is 2.25. The van der Waals surface area contributed by atoms with E-state index in [2.05, 4.69) is 43.7 Å². The lowest BCUT2D eigenvalue weighted by atomic mass is 10.1. The van der Waals surface area contributed by atoms with Crippen molar-refractivity contribution in [1.82, 2.24) is 19.4 Å². The number of aryl methyl sites for hydroxylation is 2. The van der Waals surface area contributed by atoms with Crippen LogP contribution in [0.5, 0.6) is 0 Å². The molecule has 2 fully saturated rings. The number of aromatic nitrogens is 3. The van der Waals surface area contributed by atoms with Gasteiger partial charge in [-0.1, -0.05) is 18.2 Å². The Bertz CT molecular complexity index is 1090. The summed E-state index contributed by atoms with van der Waals surface area (Å²) in [7, 11) is 2.04. The third-order valence-electron chi connectivity index (χ3n) is 6.50. The molecule has 5 rings (SSSR count). The summed E-state index contributed by atoms with van der Waals surface area (Å²) in [6, 6.07) is 10.4. The predicted octanol–water partition coefficient (Wildman–Crippen LogP) is 2.77. The zero-order chi connectivity index (χ0) is 21.4. The number of hydrogen-bond donors (Lipinski definition) is 0. The lowest BCUT2D eigenvalue weighted by molar-refractivity contribution is -0.130. The maximum Gasteiger partial charge on any atom is 0.227 e. The fraction of sp³-hybridized carbons (Fsp3) is 0.458. The number of benzene rings is 1. The topological polar surface area (TPSA) is 57.5 Å². The van der Waals surface area contributed by atoms with Crippen molar-refractivity contribution < 1.29 is 4.79 Å². The van der Waals surface area contributed by atoms with Gasteiger partial charge >= 0.3 is 0 Å². The summed E-state index contributed by atoms with van der Waals surface area (Å²) >= 11 is 0. The van der Waals surface area contributed by atoms with E-state index >= 15 is 0 Å². The number of carbonyl (C=O) groups is 1. The SMILES string of the molecule is Cc1cc(N2CCCC2)nc(N2CCN(C(=O)Cc3cn(C)c4ccccc34)CC2)n1. The van der Waals surface area contributed by atoms with Crippen LogP contribution in [0.3, 0.4) is 0 Å². The van der Waals surface area contributed by atoms with Gasteiger partial charge in [-0.15, -0.1) is 0 Å². The molecule has 31 heavy (non-hydrogen) atoms. The molecule has 2 aliphatic heterocycles. The number of fused-ring (bicyclic) bond motifs is 1. The van der Waals surface area contributed by atoms with E-state index in [1.165, 1.54) is 23.7 Å². The van der Waals surface area contributed by atoms with Gasteiger partial charge < -0.3 is 19.3 Å². The summed E-state index contributed by atoms with van der Waals surface area (Å²) in [4.78, 5) is 29.1. The molecule has 3 aromatic rings. The number of piperazine rings is 1. The molecule has 0 N–H and O–H groups in total. The average molecular weight is 419 g/mol. The van der Waals surface area contributed by atoms with E-state index in [-0.39, 0.29) is 5.91 Å². The quantitative estimate of drug-likeness (QED) is 0.652. The molecule has 162 valence electrons. The van der Waals surface area contributed by atoms with Crippen LogP contribution in [0.25, 0.3) is 10.9 Å².